The smallest absolute Gasteiger partial charge is 0.358 e. The second-order valence-electron chi connectivity index (χ2n) is 2.12. The van der Waals surface area contributed by atoms with Gasteiger partial charge >= 0.3 is 5.97 Å². The Morgan fingerprint density at radius 2 is 2.46 bits per heavy atom. The van der Waals surface area contributed by atoms with E-state index in [0.717, 1.165) is 0 Å². The molecule has 0 fully saturated rings. The van der Waals surface area contributed by atoms with E-state index in [9.17, 15) is 4.79 Å². The number of hydrogen-bond donors (Lipinski definition) is 0. The van der Waals surface area contributed by atoms with Crippen LogP contribution >= 0.6 is 11.6 Å². The first-order chi connectivity index (χ1) is 6.20. The summed E-state index contributed by atoms with van der Waals surface area (Å²) in [6.07, 6.45) is 1.34. The molecule has 4 nitrogen and oxygen atoms in total. The monoisotopic (exact) mass is 196 g/mol. The fraction of sp³-hybridized carbons (Fsp3) is 0.125. The second kappa shape index (κ2) is 3.87. The minimum Gasteiger partial charge on any atom is -0.464 e. The molecule has 0 N–H and O–H groups in total. The number of methoxy groups -OCH3 is 1. The third-order valence-electron chi connectivity index (χ3n) is 1.39. The molecule has 1 heterocycles. The van der Waals surface area contributed by atoms with Gasteiger partial charge in [-0.1, -0.05) is 11.6 Å². The van der Waals surface area contributed by atoms with Gasteiger partial charge in [-0.15, -0.1) is 0 Å². The van der Waals surface area contributed by atoms with E-state index in [4.69, 9.17) is 16.9 Å². The van der Waals surface area contributed by atoms with E-state index in [-0.39, 0.29) is 16.3 Å². The molecule has 1 aromatic heterocycles. The Labute approximate surface area is 79.7 Å². The zero-order valence-electron chi connectivity index (χ0n) is 6.74. The standard InChI is InChI=1S/C8H5ClN2O2/c1-13-8(12)7-5(4-10)6(9)2-3-11-7/h2-3H,1H3. The number of hydrogen-bond acceptors (Lipinski definition) is 4. The Morgan fingerprint density at radius 1 is 1.77 bits per heavy atom. The summed E-state index contributed by atoms with van der Waals surface area (Å²) in [5, 5.41) is 8.85. The molecular formula is C8H5ClN2O2. The molecule has 0 unspecified atom stereocenters. The number of esters is 1. The first kappa shape index (κ1) is 9.49. The summed E-state index contributed by atoms with van der Waals surface area (Å²) in [7, 11) is 1.21. The minimum atomic E-state index is -0.668. The van der Waals surface area contributed by atoms with Crippen molar-refractivity contribution < 1.29 is 9.53 Å². The molecule has 0 atom stereocenters. The average molecular weight is 197 g/mol. The number of aromatic nitrogens is 1. The number of carbonyl (C=O) groups excluding carboxylic acids is 1. The van der Waals surface area contributed by atoms with Gasteiger partial charge in [-0.25, -0.2) is 9.78 Å². The fourth-order valence-corrected chi connectivity index (χ4v) is 0.984. The number of nitrogens with zero attached hydrogens (tertiary/aromatic N) is 2. The van der Waals surface area contributed by atoms with Crippen molar-refractivity contribution in [3.05, 3.63) is 28.5 Å². The second-order valence-corrected chi connectivity index (χ2v) is 2.53. The summed E-state index contributed by atoms with van der Waals surface area (Å²) in [5.41, 5.74) is -0.0199. The van der Waals surface area contributed by atoms with Gasteiger partial charge in [0.2, 0.25) is 0 Å². The highest BCUT2D eigenvalue weighted by molar-refractivity contribution is 6.32. The number of ether oxygens (including phenoxy) is 1. The molecule has 0 aliphatic heterocycles. The van der Waals surface area contributed by atoms with Crippen LogP contribution in [0.25, 0.3) is 0 Å². The van der Waals surface area contributed by atoms with Gasteiger partial charge in [0.1, 0.15) is 11.6 Å². The van der Waals surface area contributed by atoms with Gasteiger partial charge in [-0.3, -0.25) is 0 Å². The van der Waals surface area contributed by atoms with Gasteiger partial charge in [0, 0.05) is 6.20 Å². The van der Waals surface area contributed by atoms with Crippen molar-refractivity contribution >= 4 is 17.6 Å². The Balaban J connectivity index is 3.30. The van der Waals surface area contributed by atoms with Crippen LogP contribution in [0, 0.1) is 11.3 Å². The zero-order chi connectivity index (χ0) is 9.84. The highest BCUT2D eigenvalue weighted by atomic mass is 35.5. The SMILES string of the molecule is COC(=O)c1nccc(Cl)c1C#N. The summed E-state index contributed by atoms with van der Waals surface area (Å²) in [6.45, 7) is 0. The Hall–Kier alpha value is -1.60. The van der Waals surface area contributed by atoms with Gasteiger partial charge in [0.25, 0.3) is 0 Å². The maximum Gasteiger partial charge on any atom is 0.358 e. The normalized spacial score (nSPS) is 9.00. The summed E-state index contributed by atoms with van der Waals surface area (Å²) >= 11 is 5.66. The quantitative estimate of drug-likeness (QED) is 0.637. The van der Waals surface area contributed by atoms with E-state index in [2.05, 4.69) is 9.72 Å². The van der Waals surface area contributed by atoms with Crippen molar-refractivity contribution in [2.24, 2.45) is 0 Å². The van der Waals surface area contributed by atoms with Crippen molar-refractivity contribution in [2.75, 3.05) is 7.11 Å². The Kier molecular flexibility index (Phi) is 2.83. The maximum atomic E-state index is 11.1. The van der Waals surface area contributed by atoms with Crippen LogP contribution in [0.5, 0.6) is 0 Å². The van der Waals surface area contributed by atoms with Crippen LogP contribution < -0.4 is 0 Å². The van der Waals surface area contributed by atoms with Crippen molar-refractivity contribution in [1.82, 2.24) is 4.98 Å². The summed E-state index contributed by atoms with van der Waals surface area (Å²) < 4.78 is 4.42. The number of rotatable bonds is 1. The molecule has 0 aromatic carbocycles. The molecule has 0 saturated heterocycles. The first-order valence-corrected chi connectivity index (χ1v) is 3.71. The summed E-state index contributed by atoms with van der Waals surface area (Å²) in [4.78, 5) is 14.8. The highest BCUT2D eigenvalue weighted by Crippen LogP contribution is 2.17. The lowest BCUT2D eigenvalue weighted by atomic mass is 10.2. The predicted molar refractivity (Wildman–Crippen MR) is 45.3 cm³/mol. The van der Waals surface area contributed by atoms with Gasteiger partial charge in [0.05, 0.1) is 12.1 Å². The Bertz CT molecular complexity index is 384. The zero-order valence-corrected chi connectivity index (χ0v) is 7.50. The molecule has 0 amide bonds. The van der Waals surface area contributed by atoms with E-state index in [1.54, 1.807) is 6.07 Å². The third kappa shape index (κ3) is 1.76. The van der Waals surface area contributed by atoms with Crippen LogP contribution in [-0.2, 0) is 4.74 Å². The molecule has 0 spiro atoms. The molecule has 1 rings (SSSR count). The number of pyridine rings is 1. The molecule has 0 aliphatic carbocycles. The maximum absolute atomic E-state index is 11.1. The van der Waals surface area contributed by atoms with E-state index in [0.29, 0.717) is 0 Å². The molecule has 1 aromatic rings. The predicted octanol–water partition coefficient (Wildman–Crippen LogP) is 1.39. The first-order valence-electron chi connectivity index (χ1n) is 3.33. The van der Waals surface area contributed by atoms with Crippen LogP contribution in [0.15, 0.2) is 12.3 Å². The fourth-order valence-electron chi connectivity index (χ4n) is 0.796. The van der Waals surface area contributed by atoms with Crippen molar-refractivity contribution in [2.45, 2.75) is 0 Å². The lowest BCUT2D eigenvalue weighted by molar-refractivity contribution is 0.0593. The number of halogens is 1. The molecule has 0 saturated carbocycles. The van der Waals surface area contributed by atoms with Crippen molar-refractivity contribution in [3.63, 3.8) is 0 Å². The van der Waals surface area contributed by atoms with E-state index >= 15 is 0 Å². The van der Waals surface area contributed by atoms with Crippen molar-refractivity contribution in [3.8, 4) is 6.07 Å². The minimum absolute atomic E-state index is 0.0380. The van der Waals surface area contributed by atoms with Crippen molar-refractivity contribution in [1.29, 1.82) is 5.26 Å². The topological polar surface area (TPSA) is 63.0 Å². The highest BCUT2D eigenvalue weighted by Gasteiger charge is 2.15. The molecule has 0 radical (unpaired) electrons. The van der Waals surface area contributed by atoms with E-state index < -0.39 is 5.97 Å². The third-order valence-corrected chi connectivity index (χ3v) is 1.71. The van der Waals surface area contributed by atoms with Gasteiger partial charge < -0.3 is 4.74 Å². The molecule has 66 valence electrons. The van der Waals surface area contributed by atoms with Crippen LogP contribution in [0.1, 0.15) is 16.1 Å². The Morgan fingerprint density at radius 3 is 3.00 bits per heavy atom. The number of carbonyl (C=O) groups is 1. The van der Waals surface area contributed by atoms with Crippen LogP contribution in [0.3, 0.4) is 0 Å². The summed E-state index contributed by atoms with van der Waals surface area (Å²) in [6, 6.07) is 3.22. The van der Waals surface area contributed by atoms with E-state index in [1.807, 2.05) is 0 Å². The average Bonchev–Trinajstić information content (AvgIpc) is 2.16. The van der Waals surface area contributed by atoms with Crippen LogP contribution in [-0.4, -0.2) is 18.1 Å². The molecule has 0 bridgehead atoms. The molecule has 0 aliphatic rings. The molecular weight excluding hydrogens is 192 g/mol. The molecule has 13 heavy (non-hydrogen) atoms. The van der Waals surface area contributed by atoms with Gasteiger partial charge in [-0.05, 0) is 6.07 Å². The van der Waals surface area contributed by atoms with Crippen LogP contribution in [0.4, 0.5) is 0 Å². The van der Waals surface area contributed by atoms with Gasteiger partial charge in [0.15, 0.2) is 5.69 Å². The lowest BCUT2D eigenvalue weighted by Crippen LogP contribution is -2.07. The number of nitriles is 1. The van der Waals surface area contributed by atoms with Gasteiger partial charge in [-0.2, -0.15) is 5.26 Å². The summed E-state index contributed by atoms with van der Waals surface area (Å²) in [5.74, 6) is -0.668. The van der Waals surface area contributed by atoms with Crippen LogP contribution in [0.2, 0.25) is 5.02 Å². The van der Waals surface area contributed by atoms with E-state index in [1.165, 1.54) is 19.4 Å². The molecule has 5 heteroatoms. The largest absolute Gasteiger partial charge is 0.464 e. The lowest BCUT2D eigenvalue weighted by Gasteiger charge is -2.00.